The number of nitrogens with two attached hydrogens (primary N) is 1. The Morgan fingerprint density at radius 1 is 1.35 bits per heavy atom. The summed E-state index contributed by atoms with van der Waals surface area (Å²) < 4.78 is 0. The van der Waals surface area contributed by atoms with Crippen LogP contribution in [0.15, 0.2) is 5.38 Å². The summed E-state index contributed by atoms with van der Waals surface area (Å²) in [6, 6.07) is 0.373. The summed E-state index contributed by atoms with van der Waals surface area (Å²) in [6.45, 7) is 4.29. The maximum Gasteiger partial charge on any atom is 0.0897 e. The molecular formula is C13H25N3S. The first-order valence-corrected chi connectivity index (χ1v) is 7.51. The molecule has 0 amide bonds. The standard InChI is InChI=1S/C13H25N3S/c1-3-4-5-6-7-8-12(16-14)9-13-10-17-11(2)15-13/h10,12,16H,3-9,14H2,1-2H3. The Labute approximate surface area is 109 Å². The van der Waals surface area contributed by atoms with E-state index in [4.69, 9.17) is 5.84 Å². The van der Waals surface area contributed by atoms with Gasteiger partial charge < -0.3 is 0 Å². The molecule has 0 aliphatic rings. The average Bonchev–Trinajstić information content (AvgIpc) is 2.73. The van der Waals surface area contributed by atoms with E-state index in [0.717, 1.165) is 17.8 Å². The molecule has 0 radical (unpaired) electrons. The van der Waals surface area contributed by atoms with Crippen molar-refractivity contribution in [2.75, 3.05) is 0 Å². The van der Waals surface area contributed by atoms with Crippen molar-refractivity contribution in [3.63, 3.8) is 0 Å². The summed E-state index contributed by atoms with van der Waals surface area (Å²) in [4.78, 5) is 4.48. The van der Waals surface area contributed by atoms with E-state index in [1.165, 1.54) is 37.8 Å². The lowest BCUT2D eigenvalue weighted by Gasteiger charge is -2.14. The van der Waals surface area contributed by atoms with Crippen molar-refractivity contribution in [2.45, 2.75) is 64.8 Å². The maximum atomic E-state index is 5.59. The number of rotatable bonds is 9. The van der Waals surface area contributed by atoms with Gasteiger partial charge in [0.05, 0.1) is 10.7 Å². The second kappa shape index (κ2) is 8.61. The highest BCUT2D eigenvalue weighted by molar-refractivity contribution is 7.09. The van der Waals surface area contributed by atoms with E-state index in [2.05, 4.69) is 22.7 Å². The molecule has 1 aromatic rings. The average molecular weight is 255 g/mol. The number of hydrogen-bond acceptors (Lipinski definition) is 4. The fourth-order valence-electron chi connectivity index (χ4n) is 1.99. The minimum Gasteiger partial charge on any atom is -0.271 e. The van der Waals surface area contributed by atoms with Crippen molar-refractivity contribution in [1.29, 1.82) is 0 Å². The van der Waals surface area contributed by atoms with Gasteiger partial charge in [0.1, 0.15) is 0 Å². The topological polar surface area (TPSA) is 50.9 Å². The SMILES string of the molecule is CCCCCCCC(Cc1csc(C)n1)NN. The van der Waals surface area contributed by atoms with E-state index in [-0.39, 0.29) is 0 Å². The van der Waals surface area contributed by atoms with Gasteiger partial charge >= 0.3 is 0 Å². The van der Waals surface area contributed by atoms with Crippen molar-refractivity contribution >= 4 is 11.3 Å². The Balaban J connectivity index is 2.19. The molecule has 17 heavy (non-hydrogen) atoms. The minimum absolute atomic E-state index is 0.373. The monoisotopic (exact) mass is 255 g/mol. The molecule has 0 saturated carbocycles. The lowest BCUT2D eigenvalue weighted by atomic mass is 10.0. The molecule has 1 atom stereocenters. The molecule has 1 rings (SSSR count). The molecule has 0 aliphatic carbocycles. The predicted molar refractivity (Wildman–Crippen MR) is 75.0 cm³/mol. The van der Waals surface area contributed by atoms with Gasteiger partial charge in [0.15, 0.2) is 0 Å². The van der Waals surface area contributed by atoms with Crippen LogP contribution in [-0.2, 0) is 6.42 Å². The fraction of sp³-hybridized carbons (Fsp3) is 0.769. The summed E-state index contributed by atoms with van der Waals surface area (Å²) in [5.74, 6) is 5.59. The Morgan fingerprint density at radius 3 is 2.71 bits per heavy atom. The smallest absolute Gasteiger partial charge is 0.0897 e. The van der Waals surface area contributed by atoms with Gasteiger partial charge in [-0.3, -0.25) is 11.3 Å². The normalized spacial score (nSPS) is 12.9. The van der Waals surface area contributed by atoms with E-state index < -0.39 is 0 Å². The third kappa shape index (κ3) is 6.15. The molecule has 0 saturated heterocycles. The summed E-state index contributed by atoms with van der Waals surface area (Å²) in [7, 11) is 0. The lowest BCUT2D eigenvalue weighted by molar-refractivity contribution is 0.458. The van der Waals surface area contributed by atoms with Gasteiger partial charge in [0.25, 0.3) is 0 Å². The Bertz CT molecular complexity index is 299. The molecule has 0 aromatic carbocycles. The van der Waals surface area contributed by atoms with Crippen molar-refractivity contribution in [3.05, 3.63) is 16.1 Å². The molecule has 0 bridgehead atoms. The van der Waals surface area contributed by atoms with Crippen molar-refractivity contribution < 1.29 is 0 Å². The van der Waals surface area contributed by atoms with E-state index in [1.54, 1.807) is 11.3 Å². The second-order valence-electron chi connectivity index (χ2n) is 4.63. The molecule has 1 heterocycles. The molecule has 3 nitrogen and oxygen atoms in total. The zero-order valence-corrected chi connectivity index (χ0v) is 11.9. The lowest BCUT2D eigenvalue weighted by Crippen LogP contribution is -2.36. The molecule has 3 N–H and O–H groups in total. The van der Waals surface area contributed by atoms with Gasteiger partial charge in [-0.1, -0.05) is 39.0 Å². The van der Waals surface area contributed by atoms with Crippen LogP contribution in [0.1, 0.15) is 56.2 Å². The van der Waals surface area contributed by atoms with Crippen LogP contribution in [0.5, 0.6) is 0 Å². The zero-order chi connectivity index (χ0) is 12.5. The van der Waals surface area contributed by atoms with E-state index in [1.807, 2.05) is 6.92 Å². The molecule has 0 spiro atoms. The first-order valence-electron chi connectivity index (χ1n) is 6.63. The summed E-state index contributed by atoms with van der Waals surface area (Å²) in [6.07, 6.45) is 8.69. The number of aromatic nitrogens is 1. The van der Waals surface area contributed by atoms with Crippen molar-refractivity contribution in [2.24, 2.45) is 5.84 Å². The number of hydrogen-bond donors (Lipinski definition) is 2. The van der Waals surface area contributed by atoms with Gasteiger partial charge in [-0.15, -0.1) is 11.3 Å². The molecule has 1 unspecified atom stereocenters. The van der Waals surface area contributed by atoms with E-state index >= 15 is 0 Å². The van der Waals surface area contributed by atoms with Crippen LogP contribution in [0.4, 0.5) is 0 Å². The van der Waals surface area contributed by atoms with Crippen LogP contribution in [0, 0.1) is 6.92 Å². The molecule has 4 heteroatoms. The quantitative estimate of drug-likeness (QED) is 0.405. The van der Waals surface area contributed by atoms with Crippen molar-refractivity contribution in [3.8, 4) is 0 Å². The number of unbranched alkanes of at least 4 members (excludes halogenated alkanes) is 4. The summed E-state index contributed by atoms with van der Waals surface area (Å²) >= 11 is 1.71. The van der Waals surface area contributed by atoms with Gasteiger partial charge in [0.2, 0.25) is 0 Å². The molecule has 0 aliphatic heterocycles. The first kappa shape index (κ1) is 14.6. The Kier molecular flexibility index (Phi) is 7.40. The zero-order valence-electron chi connectivity index (χ0n) is 11.0. The number of hydrazine groups is 1. The third-order valence-electron chi connectivity index (χ3n) is 3.01. The summed E-state index contributed by atoms with van der Waals surface area (Å²) in [5.41, 5.74) is 4.09. The Hall–Kier alpha value is -0.450. The van der Waals surface area contributed by atoms with Gasteiger partial charge in [0, 0.05) is 17.8 Å². The number of nitrogens with one attached hydrogen (secondary N) is 1. The molecule has 0 fully saturated rings. The van der Waals surface area contributed by atoms with Crippen LogP contribution >= 0.6 is 11.3 Å². The molecule has 98 valence electrons. The highest BCUT2D eigenvalue weighted by Crippen LogP contribution is 2.13. The fourth-order valence-corrected chi connectivity index (χ4v) is 2.62. The van der Waals surface area contributed by atoms with Gasteiger partial charge in [-0.2, -0.15) is 0 Å². The van der Waals surface area contributed by atoms with Crippen LogP contribution in [0.25, 0.3) is 0 Å². The highest BCUT2D eigenvalue weighted by atomic mass is 32.1. The van der Waals surface area contributed by atoms with E-state index in [0.29, 0.717) is 6.04 Å². The van der Waals surface area contributed by atoms with Crippen LogP contribution < -0.4 is 11.3 Å². The summed E-state index contributed by atoms with van der Waals surface area (Å²) in [5, 5.41) is 3.27. The van der Waals surface area contributed by atoms with E-state index in [9.17, 15) is 0 Å². The van der Waals surface area contributed by atoms with Crippen molar-refractivity contribution in [1.82, 2.24) is 10.4 Å². The first-order chi connectivity index (χ1) is 8.26. The van der Waals surface area contributed by atoms with Crippen LogP contribution in [-0.4, -0.2) is 11.0 Å². The second-order valence-corrected chi connectivity index (χ2v) is 5.69. The third-order valence-corrected chi connectivity index (χ3v) is 3.84. The van der Waals surface area contributed by atoms with Crippen LogP contribution in [0.2, 0.25) is 0 Å². The number of nitrogens with zero attached hydrogens (tertiary/aromatic N) is 1. The van der Waals surface area contributed by atoms with Gasteiger partial charge in [-0.25, -0.2) is 4.98 Å². The number of thiazole rings is 1. The Morgan fingerprint density at radius 2 is 2.12 bits per heavy atom. The molecule has 1 aromatic heterocycles. The largest absolute Gasteiger partial charge is 0.271 e. The maximum absolute atomic E-state index is 5.59. The highest BCUT2D eigenvalue weighted by Gasteiger charge is 2.09. The predicted octanol–water partition coefficient (Wildman–Crippen LogP) is 3.19. The van der Waals surface area contributed by atoms with Gasteiger partial charge in [-0.05, 0) is 13.3 Å². The minimum atomic E-state index is 0.373. The van der Waals surface area contributed by atoms with Crippen LogP contribution in [0.3, 0.4) is 0 Å². The molecular weight excluding hydrogens is 230 g/mol. The number of aryl methyl sites for hydroxylation is 1.